The predicted octanol–water partition coefficient (Wildman–Crippen LogP) is 3.95. The Labute approximate surface area is 132 Å². The van der Waals surface area contributed by atoms with Gasteiger partial charge in [-0.25, -0.2) is 4.39 Å². The van der Waals surface area contributed by atoms with Crippen LogP contribution in [0.25, 0.3) is 11.4 Å². The summed E-state index contributed by atoms with van der Waals surface area (Å²) in [5, 5.41) is 3.93. The van der Waals surface area contributed by atoms with Gasteiger partial charge < -0.3 is 10.3 Å². The molecule has 4 nitrogen and oxygen atoms in total. The van der Waals surface area contributed by atoms with Crippen molar-refractivity contribution in [3.63, 3.8) is 0 Å². The first-order valence-corrected chi connectivity index (χ1v) is 7.91. The third-order valence-electron chi connectivity index (χ3n) is 3.56. The van der Waals surface area contributed by atoms with E-state index in [1.165, 1.54) is 12.1 Å². The van der Waals surface area contributed by atoms with E-state index in [1.54, 1.807) is 6.07 Å². The first-order chi connectivity index (χ1) is 10.1. The number of nitrogens with two attached hydrogens (primary N) is 1. The SMILES string of the molecule is CCC(CCN)CCc1nc(-c2cc(F)ccc2Br)no1. The van der Waals surface area contributed by atoms with E-state index < -0.39 is 0 Å². The molecule has 1 atom stereocenters. The minimum absolute atomic E-state index is 0.325. The molecule has 0 amide bonds. The van der Waals surface area contributed by atoms with Crippen LogP contribution in [0.4, 0.5) is 4.39 Å². The minimum Gasteiger partial charge on any atom is -0.339 e. The molecule has 21 heavy (non-hydrogen) atoms. The quantitative estimate of drug-likeness (QED) is 0.816. The van der Waals surface area contributed by atoms with Crippen molar-refractivity contribution in [2.75, 3.05) is 6.54 Å². The molecule has 1 aromatic carbocycles. The molecular weight excluding hydrogens is 337 g/mol. The number of benzene rings is 1. The van der Waals surface area contributed by atoms with Crippen molar-refractivity contribution in [1.29, 1.82) is 0 Å². The van der Waals surface area contributed by atoms with Gasteiger partial charge in [-0.15, -0.1) is 0 Å². The van der Waals surface area contributed by atoms with E-state index in [2.05, 4.69) is 33.0 Å². The smallest absolute Gasteiger partial charge is 0.226 e. The lowest BCUT2D eigenvalue weighted by atomic mass is 9.97. The number of hydrogen-bond acceptors (Lipinski definition) is 4. The third kappa shape index (κ3) is 4.35. The van der Waals surface area contributed by atoms with Crippen LogP contribution < -0.4 is 5.73 Å². The molecule has 0 fully saturated rings. The zero-order chi connectivity index (χ0) is 15.2. The standard InChI is InChI=1S/C15H19BrFN3O/c1-2-10(7-8-18)3-6-14-19-15(20-21-14)12-9-11(17)4-5-13(12)16/h4-5,9-10H,2-3,6-8,18H2,1H3. The van der Waals surface area contributed by atoms with Crippen molar-refractivity contribution >= 4 is 15.9 Å². The Morgan fingerprint density at radius 3 is 2.90 bits per heavy atom. The van der Waals surface area contributed by atoms with Crippen LogP contribution in [0.5, 0.6) is 0 Å². The maximum atomic E-state index is 13.3. The molecule has 114 valence electrons. The van der Waals surface area contributed by atoms with Gasteiger partial charge in [-0.3, -0.25) is 0 Å². The highest BCUT2D eigenvalue weighted by Crippen LogP contribution is 2.27. The minimum atomic E-state index is -0.325. The molecule has 0 aliphatic carbocycles. The summed E-state index contributed by atoms with van der Waals surface area (Å²) in [4.78, 5) is 4.34. The van der Waals surface area contributed by atoms with Crippen LogP contribution in [0, 0.1) is 11.7 Å². The topological polar surface area (TPSA) is 64.9 Å². The molecule has 1 heterocycles. The number of nitrogens with zero attached hydrogens (tertiary/aromatic N) is 2. The number of aromatic nitrogens is 2. The fourth-order valence-electron chi connectivity index (χ4n) is 2.25. The van der Waals surface area contributed by atoms with Gasteiger partial charge in [-0.1, -0.05) is 34.4 Å². The Morgan fingerprint density at radius 1 is 1.38 bits per heavy atom. The molecule has 2 rings (SSSR count). The van der Waals surface area contributed by atoms with Crippen molar-refractivity contribution in [3.05, 3.63) is 34.4 Å². The fourth-order valence-corrected chi connectivity index (χ4v) is 2.67. The van der Waals surface area contributed by atoms with Crippen LogP contribution in [0.3, 0.4) is 0 Å². The molecule has 0 saturated carbocycles. The Morgan fingerprint density at radius 2 is 2.19 bits per heavy atom. The van der Waals surface area contributed by atoms with Crippen LogP contribution in [-0.2, 0) is 6.42 Å². The lowest BCUT2D eigenvalue weighted by molar-refractivity contribution is 0.354. The Bertz CT molecular complexity index is 588. The zero-order valence-corrected chi connectivity index (χ0v) is 13.6. The molecule has 0 spiro atoms. The van der Waals surface area contributed by atoms with E-state index in [1.807, 2.05) is 0 Å². The maximum absolute atomic E-state index is 13.3. The molecule has 0 radical (unpaired) electrons. The highest BCUT2D eigenvalue weighted by atomic mass is 79.9. The van der Waals surface area contributed by atoms with Gasteiger partial charge in [0, 0.05) is 16.5 Å². The molecule has 0 bridgehead atoms. The predicted molar refractivity (Wildman–Crippen MR) is 83.2 cm³/mol. The van der Waals surface area contributed by atoms with E-state index in [0.29, 0.717) is 29.7 Å². The van der Waals surface area contributed by atoms with Gasteiger partial charge in [0.2, 0.25) is 11.7 Å². The summed E-state index contributed by atoms with van der Waals surface area (Å²) < 4.78 is 19.3. The Kier molecular flexibility index (Phi) is 5.87. The van der Waals surface area contributed by atoms with E-state index in [-0.39, 0.29) is 5.82 Å². The van der Waals surface area contributed by atoms with Gasteiger partial charge in [0.25, 0.3) is 0 Å². The van der Waals surface area contributed by atoms with Crippen molar-refractivity contribution in [1.82, 2.24) is 10.1 Å². The van der Waals surface area contributed by atoms with Gasteiger partial charge in [0.1, 0.15) is 5.82 Å². The summed E-state index contributed by atoms with van der Waals surface area (Å²) in [6.07, 6.45) is 3.79. The van der Waals surface area contributed by atoms with Gasteiger partial charge in [-0.2, -0.15) is 4.98 Å². The van der Waals surface area contributed by atoms with Crippen molar-refractivity contribution < 1.29 is 8.91 Å². The van der Waals surface area contributed by atoms with E-state index in [4.69, 9.17) is 10.3 Å². The second-order valence-corrected chi connectivity index (χ2v) is 5.88. The number of rotatable bonds is 7. The highest BCUT2D eigenvalue weighted by Gasteiger charge is 2.14. The summed E-state index contributed by atoms with van der Waals surface area (Å²) in [6.45, 7) is 2.85. The normalized spacial score (nSPS) is 12.6. The molecular formula is C15H19BrFN3O. The summed E-state index contributed by atoms with van der Waals surface area (Å²) in [7, 11) is 0. The number of aryl methyl sites for hydroxylation is 1. The van der Waals surface area contributed by atoms with E-state index in [9.17, 15) is 4.39 Å². The molecule has 0 saturated heterocycles. The summed E-state index contributed by atoms with van der Waals surface area (Å²) >= 11 is 3.37. The lowest BCUT2D eigenvalue weighted by Crippen LogP contribution is -2.09. The average Bonchev–Trinajstić information content (AvgIpc) is 2.94. The largest absolute Gasteiger partial charge is 0.339 e. The first-order valence-electron chi connectivity index (χ1n) is 7.12. The summed E-state index contributed by atoms with van der Waals surface area (Å²) in [5.74, 6) is 1.24. The zero-order valence-electron chi connectivity index (χ0n) is 12.0. The van der Waals surface area contributed by atoms with E-state index >= 15 is 0 Å². The van der Waals surface area contributed by atoms with Gasteiger partial charge in [-0.05, 0) is 43.5 Å². The molecule has 1 aromatic heterocycles. The van der Waals surface area contributed by atoms with E-state index in [0.717, 1.165) is 30.2 Å². The van der Waals surface area contributed by atoms with Crippen LogP contribution in [0.1, 0.15) is 32.1 Å². The van der Waals surface area contributed by atoms with Crippen LogP contribution >= 0.6 is 15.9 Å². The molecule has 2 aromatic rings. The van der Waals surface area contributed by atoms with Crippen LogP contribution in [-0.4, -0.2) is 16.7 Å². The summed E-state index contributed by atoms with van der Waals surface area (Å²) in [5.41, 5.74) is 6.19. The fraction of sp³-hybridized carbons (Fsp3) is 0.467. The van der Waals surface area contributed by atoms with Crippen LogP contribution in [0.2, 0.25) is 0 Å². The molecule has 0 aliphatic rings. The van der Waals surface area contributed by atoms with Crippen LogP contribution in [0.15, 0.2) is 27.2 Å². The van der Waals surface area contributed by atoms with Crippen molar-refractivity contribution in [2.45, 2.75) is 32.6 Å². The maximum Gasteiger partial charge on any atom is 0.226 e. The molecule has 6 heteroatoms. The summed E-state index contributed by atoms with van der Waals surface area (Å²) in [6, 6.07) is 4.41. The molecule has 1 unspecified atom stereocenters. The Balaban J connectivity index is 2.06. The number of hydrogen-bond donors (Lipinski definition) is 1. The third-order valence-corrected chi connectivity index (χ3v) is 4.25. The van der Waals surface area contributed by atoms with Gasteiger partial charge in [0.05, 0.1) is 0 Å². The Hall–Kier alpha value is -1.27. The van der Waals surface area contributed by atoms with Gasteiger partial charge in [0.15, 0.2) is 0 Å². The average molecular weight is 356 g/mol. The second kappa shape index (κ2) is 7.66. The molecule has 0 aliphatic heterocycles. The number of halogens is 2. The second-order valence-electron chi connectivity index (χ2n) is 5.03. The lowest BCUT2D eigenvalue weighted by Gasteiger charge is -2.11. The van der Waals surface area contributed by atoms with Crippen molar-refractivity contribution in [2.24, 2.45) is 11.7 Å². The van der Waals surface area contributed by atoms with Gasteiger partial charge >= 0.3 is 0 Å². The molecule has 2 N–H and O–H groups in total. The highest BCUT2D eigenvalue weighted by molar-refractivity contribution is 9.10. The first kappa shape index (κ1) is 16.1. The monoisotopic (exact) mass is 355 g/mol. The van der Waals surface area contributed by atoms with Crippen molar-refractivity contribution in [3.8, 4) is 11.4 Å².